The van der Waals surface area contributed by atoms with Crippen LogP contribution in [-0.2, 0) is 7.05 Å². The number of aromatic nitrogens is 2. The lowest BCUT2D eigenvalue weighted by Crippen LogP contribution is -2.16. The van der Waals surface area contributed by atoms with Crippen LogP contribution in [0, 0.1) is 17.7 Å². The van der Waals surface area contributed by atoms with E-state index in [0.717, 1.165) is 31.4 Å². The van der Waals surface area contributed by atoms with E-state index < -0.39 is 11.7 Å². The van der Waals surface area contributed by atoms with Gasteiger partial charge in [0.2, 0.25) is 0 Å². The van der Waals surface area contributed by atoms with Gasteiger partial charge < -0.3 is 16.3 Å². The number of halogens is 2. The van der Waals surface area contributed by atoms with E-state index in [1.165, 1.54) is 22.9 Å². The fourth-order valence-electron chi connectivity index (χ4n) is 4.55. The Bertz CT molecular complexity index is 957. The maximum Gasteiger partial charge on any atom is 0.261 e. The van der Waals surface area contributed by atoms with Crippen LogP contribution in [-0.4, -0.2) is 26.6 Å². The standard InChI is InChI=1S/C19H21ClFN5O2/c1-26-18(22)16(19(27)23-12-2-3-15(21)14(20)8-12)17(24-26)11-4-9-6-13(25-28)7-10(9)5-11/h2-3,8-11,28H,4-7,22H2,1H3,(H,23,27). The highest BCUT2D eigenvalue weighted by Crippen LogP contribution is 2.50. The first-order valence-electron chi connectivity index (χ1n) is 9.16. The van der Waals surface area contributed by atoms with E-state index in [4.69, 9.17) is 22.5 Å². The summed E-state index contributed by atoms with van der Waals surface area (Å²) in [7, 11) is 1.71. The molecule has 0 bridgehead atoms. The number of fused-ring (bicyclic) bond motifs is 1. The van der Waals surface area contributed by atoms with E-state index in [1.54, 1.807) is 7.05 Å². The number of hydrogen-bond donors (Lipinski definition) is 3. The zero-order valence-corrected chi connectivity index (χ0v) is 16.1. The summed E-state index contributed by atoms with van der Waals surface area (Å²) in [5, 5.41) is 19.6. The van der Waals surface area contributed by atoms with Gasteiger partial charge in [0, 0.05) is 18.7 Å². The van der Waals surface area contributed by atoms with Gasteiger partial charge in [-0.1, -0.05) is 16.8 Å². The lowest BCUT2D eigenvalue weighted by molar-refractivity contribution is 0.102. The zero-order chi connectivity index (χ0) is 20.0. The van der Waals surface area contributed by atoms with Gasteiger partial charge in [-0.05, 0) is 55.7 Å². The van der Waals surface area contributed by atoms with Gasteiger partial charge in [0.15, 0.2) is 0 Å². The number of carbonyl (C=O) groups is 1. The summed E-state index contributed by atoms with van der Waals surface area (Å²) in [5.74, 6) is 0.339. The SMILES string of the molecule is Cn1nc(C2CC3CC(=NO)CC3C2)c(C(=O)Nc2ccc(F)c(Cl)c2)c1N. The van der Waals surface area contributed by atoms with Gasteiger partial charge in [-0.3, -0.25) is 9.48 Å². The molecule has 1 amide bonds. The molecule has 9 heteroatoms. The van der Waals surface area contributed by atoms with Crippen LogP contribution in [0.25, 0.3) is 0 Å². The van der Waals surface area contributed by atoms with Crippen LogP contribution in [0.2, 0.25) is 5.02 Å². The average molecular weight is 406 g/mol. The van der Waals surface area contributed by atoms with Gasteiger partial charge >= 0.3 is 0 Å². The second kappa shape index (κ2) is 7.09. The molecular formula is C19H21ClFN5O2. The molecule has 0 spiro atoms. The summed E-state index contributed by atoms with van der Waals surface area (Å²) in [6, 6.07) is 4.00. The number of aryl methyl sites for hydroxylation is 1. The Hall–Kier alpha value is -2.61. The molecule has 2 aliphatic carbocycles. The smallest absolute Gasteiger partial charge is 0.261 e. The van der Waals surface area contributed by atoms with E-state index in [-0.39, 0.29) is 16.8 Å². The van der Waals surface area contributed by atoms with Crippen LogP contribution >= 0.6 is 11.6 Å². The van der Waals surface area contributed by atoms with Gasteiger partial charge in [-0.15, -0.1) is 0 Å². The highest BCUT2D eigenvalue weighted by Gasteiger charge is 2.43. The Morgan fingerprint density at radius 1 is 1.39 bits per heavy atom. The molecule has 7 nitrogen and oxygen atoms in total. The van der Waals surface area contributed by atoms with E-state index >= 15 is 0 Å². The monoisotopic (exact) mass is 405 g/mol. The van der Waals surface area contributed by atoms with Crippen molar-refractivity contribution in [2.45, 2.75) is 31.6 Å². The minimum absolute atomic E-state index is 0.0675. The number of nitrogens with two attached hydrogens (primary N) is 1. The van der Waals surface area contributed by atoms with Crippen LogP contribution < -0.4 is 11.1 Å². The molecule has 0 radical (unpaired) electrons. The predicted molar refractivity (Wildman–Crippen MR) is 104 cm³/mol. The van der Waals surface area contributed by atoms with Gasteiger partial charge in [0.25, 0.3) is 5.91 Å². The molecule has 2 atom stereocenters. The van der Waals surface area contributed by atoms with E-state index in [9.17, 15) is 9.18 Å². The van der Waals surface area contributed by atoms with E-state index in [0.29, 0.717) is 28.8 Å². The maximum absolute atomic E-state index is 13.4. The fourth-order valence-corrected chi connectivity index (χ4v) is 4.73. The molecular weight excluding hydrogens is 385 g/mol. The number of carbonyl (C=O) groups excluding carboxylic acids is 1. The van der Waals surface area contributed by atoms with Crippen LogP contribution in [0.3, 0.4) is 0 Å². The molecule has 4 rings (SSSR count). The third-order valence-electron chi connectivity index (χ3n) is 5.89. The summed E-state index contributed by atoms with van der Waals surface area (Å²) in [5.41, 5.74) is 8.41. The lowest BCUT2D eigenvalue weighted by atomic mass is 9.96. The van der Waals surface area contributed by atoms with Crippen molar-refractivity contribution in [2.24, 2.45) is 24.0 Å². The minimum Gasteiger partial charge on any atom is -0.411 e. The molecule has 2 fully saturated rings. The second-order valence-electron chi connectivity index (χ2n) is 7.62. The largest absolute Gasteiger partial charge is 0.411 e. The first kappa shape index (κ1) is 18.7. The molecule has 4 N–H and O–H groups in total. The first-order chi connectivity index (χ1) is 13.4. The zero-order valence-electron chi connectivity index (χ0n) is 15.3. The summed E-state index contributed by atoms with van der Waals surface area (Å²) in [6.07, 6.45) is 3.33. The number of rotatable bonds is 3. The Morgan fingerprint density at radius 3 is 2.68 bits per heavy atom. The highest BCUT2D eigenvalue weighted by molar-refractivity contribution is 6.31. The van der Waals surface area contributed by atoms with Crippen molar-refractivity contribution in [2.75, 3.05) is 11.1 Å². The van der Waals surface area contributed by atoms with E-state index in [2.05, 4.69) is 15.6 Å². The summed E-state index contributed by atoms with van der Waals surface area (Å²) in [4.78, 5) is 12.9. The molecule has 28 heavy (non-hydrogen) atoms. The Kier molecular flexibility index (Phi) is 4.74. The lowest BCUT2D eigenvalue weighted by Gasteiger charge is -2.12. The molecule has 1 aromatic heterocycles. The molecule has 2 aliphatic rings. The number of nitrogens with zero attached hydrogens (tertiary/aromatic N) is 3. The van der Waals surface area contributed by atoms with Crippen molar-refractivity contribution in [3.63, 3.8) is 0 Å². The number of nitrogen functional groups attached to an aromatic ring is 1. The molecule has 0 saturated heterocycles. The molecule has 148 valence electrons. The molecule has 0 aliphatic heterocycles. The van der Waals surface area contributed by atoms with Crippen molar-refractivity contribution in [3.05, 3.63) is 40.3 Å². The van der Waals surface area contributed by atoms with Crippen LogP contribution in [0.4, 0.5) is 15.9 Å². The normalized spacial score (nSPS) is 23.7. The third-order valence-corrected chi connectivity index (χ3v) is 6.18. The molecule has 2 saturated carbocycles. The van der Waals surface area contributed by atoms with Gasteiger partial charge in [-0.2, -0.15) is 5.10 Å². The minimum atomic E-state index is -0.551. The average Bonchev–Trinajstić information content (AvgIpc) is 3.30. The van der Waals surface area contributed by atoms with Crippen molar-refractivity contribution >= 4 is 34.7 Å². The van der Waals surface area contributed by atoms with Gasteiger partial charge in [0.1, 0.15) is 17.2 Å². The van der Waals surface area contributed by atoms with E-state index in [1.807, 2.05) is 0 Å². The van der Waals surface area contributed by atoms with Crippen molar-refractivity contribution < 1.29 is 14.4 Å². The number of benzene rings is 1. The van der Waals surface area contributed by atoms with Crippen molar-refractivity contribution in [1.82, 2.24) is 9.78 Å². The Morgan fingerprint density at radius 2 is 2.07 bits per heavy atom. The van der Waals surface area contributed by atoms with Crippen LogP contribution in [0.15, 0.2) is 23.4 Å². The number of hydrogen-bond acceptors (Lipinski definition) is 5. The van der Waals surface area contributed by atoms with Crippen LogP contribution in [0.1, 0.15) is 47.7 Å². The quantitative estimate of drug-likeness (QED) is 0.533. The van der Waals surface area contributed by atoms with Crippen molar-refractivity contribution in [3.8, 4) is 0 Å². The fraction of sp³-hybridized carbons (Fsp3) is 0.421. The number of oxime groups is 1. The van der Waals surface area contributed by atoms with Gasteiger partial charge in [-0.25, -0.2) is 4.39 Å². The molecule has 1 heterocycles. The Balaban J connectivity index is 1.58. The van der Waals surface area contributed by atoms with Crippen molar-refractivity contribution in [1.29, 1.82) is 0 Å². The second-order valence-corrected chi connectivity index (χ2v) is 8.02. The highest BCUT2D eigenvalue weighted by atomic mass is 35.5. The predicted octanol–water partition coefficient (Wildman–Crippen LogP) is 3.78. The van der Waals surface area contributed by atoms with Gasteiger partial charge in [0.05, 0.1) is 16.4 Å². The molecule has 2 unspecified atom stereocenters. The molecule has 1 aromatic carbocycles. The van der Waals surface area contributed by atoms with Crippen LogP contribution in [0.5, 0.6) is 0 Å². The third kappa shape index (κ3) is 3.22. The Labute approximate surface area is 166 Å². The topological polar surface area (TPSA) is 106 Å². The summed E-state index contributed by atoms with van der Waals surface area (Å²) in [6.45, 7) is 0. The first-order valence-corrected chi connectivity index (χ1v) is 9.53. The number of nitrogens with one attached hydrogen (secondary N) is 1. The number of amides is 1. The maximum atomic E-state index is 13.4. The summed E-state index contributed by atoms with van der Waals surface area (Å²) < 4.78 is 14.9. The molecule has 2 aromatic rings. The number of anilines is 2. The summed E-state index contributed by atoms with van der Waals surface area (Å²) >= 11 is 5.80.